The van der Waals surface area contributed by atoms with E-state index in [1.165, 1.54) is 0 Å². The molecular weight excluding hydrogens is 254 g/mol. The van der Waals surface area contributed by atoms with Gasteiger partial charge in [0, 0.05) is 24.1 Å². The van der Waals surface area contributed by atoms with Gasteiger partial charge in [0.1, 0.15) is 0 Å². The summed E-state index contributed by atoms with van der Waals surface area (Å²) in [4.78, 5) is 0. The van der Waals surface area contributed by atoms with Crippen molar-refractivity contribution in [2.24, 2.45) is 5.41 Å². The molecule has 1 aliphatic rings. The lowest BCUT2D eigenvalue weighted by Crippen LogP contribution is -2.45. The van der Waals surface area contributed by atoms with Crippen LogP contribution in [0, 0.1) is 5.41 Å². The molecule has 0 amide bonds. The van der Waals surface area contributed by atoms with Crippen LogP contribution in [0.3, 0.4) is 0 Å². The minimum Gasteiger partial charge on any atom is -0.493 e. The van der Waals surface area contributed by atoms with Crippen molar-refractivity contribution in [3.63, 3.8) is 0 Å². The lowest BCUT2D eigenvalue weighted by molar-refractivity contribution is -0.0924. The molecule has 0 spiro atoms. The van der Waals surface area contributed by atoms with Crippen molar-refractivity contribution in [3.8, 4) is 11.5 Å². The molecule has 1 aromatic rings. The predicted octanol–water partition coefficient (Wildman–Crippen LogP) is 2.81. The van der Waals surface area contributed by atoms with Gasteiger partial charge in [-0.25, -0.2) is 0 Å². The Balaban J connectivity index is 2.12. The van der Waals surface area contributed by atoms with Crippen LogP contribution in [0.1, 0.15) is 6.92 Å². The summed E-state index contributed by atoms with van der Waals surface area (Å²) in [6, 6.07) is 3.60. The second kappa shape index (κ2) is 5.24. The quantitative estimate of drug-likeness (QED) is 0.894. The third kappa shape index (κ3) is 2.65. The summed E-state index contributed by atoms with van der Waals surface area (Å²) >= 11 is 6.20. The maximum absolute atomic E-state index is 6.20. The number of rotatable bonds is 5. The van der Waals surface area contributed by atoms with Gasteiger partial charge in [-0.3, -0.25) is 0 Å². The number of ether oxygens (including phenoxy) is 3. The predicted molar refractivity (Wildman–Crippen MR) is 72.0 cm³/mol. The van der Waals surface area contributed by atoms with E-state index in [2.05, 4.69) is 12.2 Å². The number of nitrogens with one attached hydrogen (secondary N) is 1. The molecule has 1 N–H and O–H groups in total. The van der Waals surface area contributed by atoms with Gasteiger partial charge in [-0.15, -0.1) is 0 Å². The van der Waals surface area contributed by atoms with E-state index in [1.807, 2.05) is 6.07 Å². The maximum Gasteiger partial charge on any atom is 0.162 e. The van der Waals surface area contributed by atoms with Gasteiger partial charge in [0.15, 0.2) is 11.5 Å². The standard InChI is InChI=1S/C13H18ClNO3/c1-13(7-18-8-13)6-15-10-5-12(17-3)11(16-2)4-9(10)14/h4-5,15H,6-8H2,1-3H3. The number of hydrogen-bond acceptors (Lipinski definition) is 4. The largest absolute Gasteiger partial charge is 0.493 e. The third-order valence-corrected chi connectivity index (χ3v) is 3.39. The van der Waals surface area contributed by atoms with Crippen molar-refractivity contribution in [2.45, 2.75) is 6.92 Å². The van der Waals surface area contributed by atoms with Gasteiger partial charge in [0.25, 0.3) is 0 Å². The lowest BCUT2D eigenvalue weighted by atomic mass is 9.89. The average Bonchev–Trinajstić information content (AvgIpc) is 2.34. The minimum absolute atomic E-state index is 0.191. The highest BCUT2D eigenvalue weighted by molar-refractivity contribution is 6.33. The van der Waals surface area contributed by atoms with Crippen LogP contribution < -0.4 is 14.8 Å². The van der Waals surface area contributed by atoms with Gasteiger partial charge < -0.3 is 19.5 Å². The molecule has 100 valence electrons. The second-order valence-corrected chi connectivity index (χ2v) is 5.25. The fourth-order valence-corrected chi connectivity index (χ4v) is 2.07. The zero-order valence-electron chi connectivity index (χ0n) is 10.9. The molecule has 0 radical (unpaired) electrons. The fraction of sp³-hybridized carbons (Fsp3) is 0.538. The molecule has 0 aromatic heterocycles. The lowest BCUT2D eigenvalue weighted by Gasteiger charge is -2.38. The van der Waals surface area contributed by atoms with Crippen LogP contribution in [-0.4, -0.2) is 34.0 Å². The van der Waals surface area contributed by atoms with E-state index in [4.69, 9.17) is 25.8 Å². The summed E-state index contributed by atoms with van der Waals surface area (Å²) in [7, 11) is 3.20. The minimum atomic E-state index is 0.191. The SMILES string of the molecule is COc1cc(Cl)c(NCC2(C)COC2)cc1OC. The number of methoxy groups -OCH3 is 2. The summed E-state index contributed by atoms with van der Waals surface area (Å²) in [5.74, 6) is 1.30. The van der Waals surface area contributed by atoms with Crippen molar-refractivity contribution in [1.82, 2.24) is 0 Å². The number of anilines is 1. The van der Waals surface area contributed by atoms with E-state index in [0.29, 0.717) is 16.5 Å². The summed E-state index contributed by atoms with van der Waals surface area (Å²) in [5, 5.41) is 3.96. The second-order valence-electron chi connectivity index (χ2n) is 4.84. The first-order valence-corrected chi connectivity index (χ1v) is 6.19. The van der Waals surface area contributed by atoms with Gasteiger partial charge >= 0.3 is 0 Å². The van der Waals surface area contributed by atoms with Crippen LogP contribution in [0.2, 0.25) is 5.02 Å². The van der Waals surface area contributed by atoms with Gasteiger partial charge in [0.05, 0.1) is 38.1 Å². The van der Waals surface area contributed by atoms with Crippen LogP contribution in [-0.2, 0) is 4.74 Å². The van der Waals surface area contributed by atoms with Gasteiger partial charge in [-0.2, -0.15) is 0 Å². The molecule has 1 aromatic carbocycles. The molecule has 1 heterocycles. The van der Waals surface area contributed by atoms with E-state index >= 15 is 0 Å². The highest BCUT2D eigenvalue weighted by atomic mass is 35.5. The van der Waals surface area contributed by atoms with Crippen molar-refractivity contribution in [3.05, 3.63) is 17.2 Å². The van der Waals surface area contributed by atoms with E-state index in [9.17, 15) is 0 Å². The molecule has 0 aliphatic carbocycles. The zero-order chi connectivity index (χ0) is 13.2. The monoisotopic (exact) mass is 271 g/mol. The van der Waals surface area contributed by atoms with E-state index in [1.54, 1.807) is 20.3 Å². The number of hydrogen-bond donors (Lipinski definition) is 1. The number of halogens is 1. The van der Waals surface area contributed by atoms with Crippen molar-refractivity contribution >= 4 is 17.3 Å². The Bertz CT molecular complexity index is 432. The molecule has 5 heteroatoms. The van der Waals surface area contributed by atoms with Gasteiger partial charge in [-0.05, 0) is 0 Å². The molecule has 0 saturated carbocycles. The molecule has 1 aliphatic heterocycles. The molecule has 1 saturated heterocycles. The molecule has 0 unspecified atom stereocenters. The van der Waals surface area contributed by atoms with Crippen molar-refractivity contribution in [1.29, 1.82) is 0 Å². The summed E-state index contributed by atoms with van der Waals surface area (Å²) in [5.41, 5.74) is 1.04. The van der Waals surface area contributed by atoms with Crippen molar-refractivity contribution < 1.29 is 14.2 Å². The van der Waals surface area contributed by atoms with E-state index in [-0.39, 0.29) is 5.41 Å². The Morgan fingerprint density at radius 2 is 1.89 bits per heavy atom. The van der Waals surface area contributed by atoms with Gasteiger partial charge in [0.2, 0.25) is 0 Å². The molecule has 0 atom stereocenters. The first-order valence-electron chi connectivity index (χ1n) is 5.81. The van der Waals surface area contributed by atoms with Crippen LogP contribution in [0.15, 0.2) is 12.1 Å². The third-order valence-electron chi connectivity index (χ3n) is 3.08. The average molecular weight is 272 g/mol. The fourth-order valence-electron chi connectivity index (χ4n) is 1.85. The Morgan fingerprint density at radius 1 is 1.28 bits per heavy atom. The zero-order valence-corrected chi connectivity index (χ0v) is 11.6. The highest BCUT2D eigenvalue weighted by Gasteiger charge is 2.33. The molecule has 0 bridgehead atoms. The molecular formula is C13H18ClNO3. The van der Waals surface area contributed by atoms with E-state index in [0.717, 1.165) is 25.4 Å². The highest BCUT2D eigenvalue weighted by Crippen LogP contribution is 2.37. The van der Waals surface area contributed by atoms with Crippen LogP contribution in [0.5, 0.6) is 11.5 Å². The first kappa shape index (κ1) is 13.3. The van der Waals surface area contributed by atoms with Crippen LogP contribution in [0.4, 0.5) is 5.69 Å². The molecule has 4 nitrogen and oxygen atoms in total. The van der Waals surface area contributed by atoms with E-state index < -0.39 is 0 Å². The summed E-state index contributed by atoms with van der Waals surface area (Å²) < 4.78 is 15.7. The topological polar surface area (TPSA) is 39.7 Å². The Labute approximate surface area is 112 Å². The Morgan fingerprint density at radius 3 is 2.39 bits per heavy atom. The normalized spacial score (nSPS) is 16.9. The first-order chi connectivity index (χ1) is 8.58. The Hall–Kier alpha value is -1.13. The number of benzene rings is 1. The molecule has 18 heavy (non-hydrogen) atoms. The van der Waals surface area contributed by atoms with Crippen LogP contribution >= 0.6 is 11.6 Å². The summed E-state index contributed by atoms with van der Waals surface area (Å²) in [6.07, 6.45) is 0. The maximum atomic E-state index is 6.20. The smallest absolute Gasteiger partial charge is 0.162 e. The van der Waals surface area contributed by atoms with Crippen LogP contribution in [0.25, 0.3) is 0 Å². The molecule has 1 fully saturated rings. The summed E-state index contributed by atoms with van der Waals surface area (Å²) in [6.45, 7) is 4.57. The molecule has 2 rings (SSSR count). The van der Waals surface area contributed by atoms with Crippen molar-refractivity contribution in [2.75, 3.05) is 39.3 Å². The van der Waals surface area contributed by atoms with Gasteiger partial charge in [-0.1, -0.05) is 18.5 Å². The Kier molecular flexibility index (Phi) is 3.88.